The van der Waals surface area contributed by atoms with E-state index in [1.54, 1.807) is 19.5 Å². The van der Waals surface area contributed by atoms with E-state index in [-0.39, 0.29) is 11.8 Å². The maximum absolute atomic E-state index is 13.5. The standard InChI is InChI=1S/C28H33FN12O2/c1-5-40-26-20(12-33-40)25(35-22-10-16(2)38-39-22)36-24(37-26)18-6-8-28(43-4,9-7-18)27(42)34-17(3)21-13-31-23(14-30-21)41-15-19(29)11-32-41/h10-15,17-18H,5-9H2,1-4H3,(H,34,42)(H2,35,36,37,38,39)/t17-,18-,28-/m0/s1. The Hall–Kier alpha value is -4.79. The van der Waals surface area contributed by atoms with Gasteiger partial charge in [0.05, 0.1) is 48.1 Å². The van der Waals surface area contributed by atoms with Crippen molar-refractivity contribution < 1.29 is 13.9 Å². The van der Waals surface area contributed by atoms with E-state index in [1.165, 1.54) is 17.1 Å². The van der Waals surface area contributed by atoms with E-state index in [0.29, 0.717) is 61.2 Å². The maximum Gasteiger partial charge on any atom is 0.252 e. The number of hydrogen-bond donors (Lipinski definition) is 3. The Morgan fingerprint density at radius 3 is 2.63 bits per heavy atom. The highest BCUT2D eigenvalue weighted by Crippen LogP contribution is 2.40. The number of halogens is 1. The van der Waals surface area contributed by atoms with Gasteiger partial charge in [-0.25, -0.2) is 28.7 Å². The van der Waals surface area contributed by atoms with Gasteiger partial charge < -0.3 is 15.4 Å². The third-order valence-electron chi connectivity index (χ3n) is 7.96. The van der Waals surface area contributed by atoms with Gasteiger partial charge in [-0.05, 0) is 46.5 Å². The number of H-pyrrole nitrogens is 1. The van der Waals surface area contributed by atoms with Crippen molar-refractivity contribution in [3.63, 3.8) is 0 Å². The summed E-state index contributed by atoms with van der Waals surface area (Å²) in [4.78, 5) is 32.1. The van der Waals surface area contributed by atoms with Crippen LogP contribution in [0.4, 0.5) is 16.0 Å². The van der Waals surface area contributed by atoms with Crippen LogP contribution in [0, 0.1) is 12.7 Å². The SMILES string of the molecule is CCn1ncc2c(Nc3cc(C)[nH]n3)nc([C@H]3CC[C@@](OC)(C(=O)N[C@@H](C)c4cnc(-n5cc(F)cn5)cn4)CC3)nc21. The molecule has 1 aliphatic carbocycles. The molecule has 3 N–H and O–H groups in total. The molecule has 6 rings (SSSR count). The highest BCUT2D eigenvalue weighted by Gasteiger charge is 2.43. The monoisotopic (exact) mass is 588 g/mol. The number of rotatable bonds is 9. The highest BCUT2D eigenvalue weighted by atomic mass is 19.1. The molecule has 1 atom stereocenters. The number of nitrogens with one attached hydrogen (secondary N) is 3. The average Bonchev–Trinajstić information content (AvgIpc) is 3.76. The van der Waals surface area contributed by atoms with Crippen molar-refractivity contribution in [2.24, 2.45) is 0 Å². The largest absolute Gasteiger partial charge is 0.368 e. The minimum absolute atomic E-state index is 0.0325. The number of aryl methyl sites for hydroxylation is 2. The molecule has 5 aromatic heterocycles. The van der Waals surface area contributed by atoms with Crippen LogP contribution in [-0.2, 0) is 16.1 Å². The lowest BCUT2D eigenvalue weighted by Gasteiger charge is -2.38. The fourth-order valence-electron chi connectivity index (χ4n) is 5.45. The molecule has 1 aliphatic rings. The second kappa shape index (κ2) is 11.5. The number of nitrogens with zero attached hydrogens (tertiary/aromatic N) is 9. The van der Waals surface area contributed by atoms with Gasteiger partial charge in [0.25, 0.3) is 5.91 Å². The third-order valence-corrected chi connectivity index (χ3v) is 7.96. The van der Waals surface area contributed by atoms with Crippen LogP contribution in [0.2, 0.25) is 0 Å². The Bertz CT molecular complexity index is 1740. The summed E-state index contributed by atoms with van der Waals surface area (Å²) in [6.07, 6.45) is 9.43. The molecule has 0 bridgehead atoms. The predicted octanol–water partition coefficient (Wildman–Crippen LogP) is 3.66. The van der Waals surface area contributed by atoms with Crippen LogP contribution in [-0.4, -0.2) is 68.3 Å². The lowest BCUT2D eigenvalue weighted by Crippen LogP contribution is -2.51. The number of aromatic amines is 1. The van der Waals surface area contributed by atoms with Gasteiger partial charge in [-0.1, -0.05) is 0 Å². The molecule has 224 valence electrons. The van der Waals surface area contributed by atoms with E-state index in [4.69, 9.17) is 14.7 Å². The van der Waals surface area contributed by atoms with Gasteiger partial charge in [-0.2, -0.15) is 15.3 Å². The second-order valence-electron chi connectivity index (χ2n) is 10.8. The van der Waals surface area contributed by atoms with Gasteiger partial charge in [-0.3, -0.25) is 14.9 Å². The fraction of sp³-hybridized carbons (Fsp3) is 0.429. The van der Waals surface area contributed by atoms with E-state index in [2.05, 4.69) is 41.0 Å². The van der Waals surface area contributed by atoms with Crippen LogP contribution < -0.4 is 10.6 Å². The van der Waals surface area contributed by atoms with E-state index in [9.17, 15) is 9.18 Å². The fourth-order valence-corrected chi connectivity index (χ4v) is 5.45. The van der Waals surface area contributed by atoms with Gasteiger partial charge in [0.2, 0.25) is 0 Å². The van der Waals surface area contributed by atoms with Crippen molar-refractivity contribution in [3.05, 3.63) is 60.1 Å². The van der Waals surface area contributed by atoms with Crippen molar-refractivity contribution in [2.75, 3.05) is 12.4 Å². The Morgan fingerprint density at radius 1 is 1.19 bits per heavy atom. The molecule has 1 fully saturated rings. The molecular formula is C28H33FN12O2. The van der Waals surface area contributed by atoms with Crippen LogP contribution in [0.5, 0.6) is 0 Å². The van der Waals surface area contributed by atoms with E-state index in [1.807, 2.05) is 31.5 Å². The molecule has 43 heavy (non-hydrogen) atoms. The van der Waals surface area contributed by atoms with Crippen molar-refractivity contribution in [1.29, 1.82) is 0 Å². The molecule has 15 heteroatoms. The second-order valence-corrected chi connectivity index (χ2v) is 10.8. The summed E-state index contributed by atoms with van der Waals surface area (Å²) < 4.78 is 22.3. The van der Waals surface area contributed by atoms with Crippen molar-refractivity contribution in [1.82, 2.24) is 55.0 Å². The first-order chi connectivity index (χ1) is 20.8. The zero-order valence-corrected chi connectivity index (χ0v) is 24.4. The van der Waals surface area contributed by atoms with Crippen LogP contribution in [0.3, 0.4) is 0 Å². The number of aromatic nitrogens is 10. The maximum atomic E-state index is 13.5. The first kappa shape index (κ1) is 28.3. The lowest BCUT2D eigenvalue weighted by molar-refractivity contribution is -0.148. The van der Waals surface area contributed by atoms with Gasteiger partial charge in [-0.15, -0.1) is 0 Å². The Kier molecular flexibility index (Phi) is 7.56. The van der Waals surface area contributed by atoms with E-state index >= 15 is 0 Å². The first-order valence-electron chi connectivity index (χ1n) is 14.2. The summed E-state index contributed by atoms with van der Waals surface area (Å²) in [6.45, 7) is 6.46. The predicted molar refractivity (Wildman–Crippen MR) is 154 cm³/mol. The van der Waals surface area contributed by atoms with E-state index < -0.39 is 17.5 Å². The van der Waals surface area contributed by atoms with Gasteiger partial charge in [0, 0.05) is 31.3 Å². The van der Waals surface area contributed by atoms with Crippen LogP contribution in [0.15, 0.2) is 37.1 Å². The van der Waals surface area contributed by atoms with Crippen molar-refractivity contribution in [3.8, 4) is 5.82 Å². The average molecular weight is 589 g/mol. The first-order valence-corrected chi connectivity index (χ1v) is 14.2. The normalized spacial score (nSPS) is 19.4. The summed E-state index contributed by atoms with van der Waals surface area (Å²) >= 11 is 0. The highest BCUT2D eigenvalue weighted by molar-refractivity contribution is 5.88. The smallest absolute Gasteiger partial charge is 0.252 e. The van der Waals surface area contributed by atoms with Crippen LogP contribution in [0.25, 0.3) is 16.9 Å². The number of methoxy groups -OCH3 is 1. The summed E-state index contributed by atoms with van der Waals surface area (Å²) in [5.74, 6) is 1.73. The number of carbonyl (C=O) groups is 1. The number of anilines is 2. The summed E-state index contributed by atoms with van der Waals surface area (Å²) in [5.41, 5.74) is 1.25. The van der Waals surface area contributed by atoms with Crippen molar-refractivity contribution in [2.45, 2.75) is 70.6 Å². The zero-order chi connectivity index (χ0) is 30.1. The zero-order valence-electron chi connectivity index (χ0n) is 24.4. The number of hydrogen-bond acceptors (Lipinski definition) is 10. The van der Waals surface area contributed by atoms with Gasteiger partial charge in [0.1, 0.15) is 17.2 Å². The minimum Gasteiger partial charge on any atom is -0.368 e. The molecule has 1 amide bonds. The quantitative estimate of drug-likeness (QED) is 0.231. The molecule has 0 spiro atoms. The number of amides is 1. The molecule has 14 nitrogen and oxygen atoms in total. The third kappa shape index (κ3) is 5.55. The molecule has 0 radical (unpaired) electrons. The number of fused-ring (bicyclic) bond motifs is 1. The Balaban J connectivity index is 1.16. The lowest BCUT2D eigenvalue weighted by atomic mass is 9.77. The number of carbonyl (C=O) groups excluding carboxylic acids is 1. The summed E-state index contributed by atoms with van der Waals surface area (Å²) in [7, 11) is 1.57. The minimum atomic E-state index is -0.992. The Labute approximate surface area is 246 Å². The summed E-state index contributed by atoms with van der Waals surface area (Å²) in [5, 5.41) is 22.8. The molecule has 0 unspecified atom stereocenters. The molecular weight excluding hydrogens is 555 g/mol. The molecule has 0 saturated heterocycles. The topological polar surface area (TPSA) is 166 Å². The molecule has 5 aromatic rings. The Morgan fingerprint density at radius 2 is 2.00 bits per heavy atom. The van der Waals surface area contributed by atoms with Gasteiger partial charge in [0.15, 0.2) is 23.1 Å². The van der Waals surface area contributed by atoms with Crippen molar-refractivity contribution >= 4 is 28.6 Å². The van der Waals surface area contributed by atoms with Crippen LogP contribution in [0.1, 0.15) is 68.7 Å². The number of ether oxygens (including phenoxy) is 1. The molecule has 1 saturated carbocycles. The molecule has 5 heterocycles. The van der Waals surface area contributed by atoms with E-state index in [0.717, 1.165) is 22.9 Å². The molecule has 0 aromatic carbocycles. The summed E-state index contributed by atoms with van der Waals surface area (Å²) in [6, 6.07) is 1.48. The van der Waals surface area contributed by atoms with Crippen LogP contribution >= 0.6 is 0 Å². The van der Waals surface area contributed by atoms with Gasteiger partial charge >= 0.3 is 0 Å². The molecule has 0 aliphatic heterocycles.